The Morgan fingerprint density at radius 1 is 0.860 bits per heavy atom. The van der Waals surface area contributed by atoms with E-state index < -0.39 is 23.1 Å². The highest BCUT2D eigenvalue weighted by molar-refractivity contribution is 6.30. The number of aliphatic hydroxyl groups is 1. The number of alkyl halides is 1. The fraction of sp³-hybridized carbons (Fsp3) is 0.412. The number of carbonyl (C=O) groups excluding carboxylic acids is 2. The first-order chi connectivity index (χ1) is 20.8. The maximum absolute atomic E-state index is 15.8. The summed E-state index contributed by atoms with van der Waals surface area (Å²) in [7, 11) is 0. The number of para-hydroxylation sites is 1. The maximum Gasteiger partial charge on any atom is 0.247 e. The molecule has 3 aliphatic rings. The Hall–Kier alpha value is -3.30. The standard InChI is InChI=1S/C34H38ClFN4O3/c35-27-13-11-26(12-14-27)34(43)17-21-39(22-18-34)30(23-29(36)31(41)25-7-3-1-4-8-25)38-19-15-33(16-20-38)32(42)37-24-40(33)28-9-5-2-6-10-28/h1-14,29-30,43H,15-24H2,(H,37,42). The SMILES string of the molecule is O=C(c1ccccc1)C(F)CC(N1CCC(O)(c2ccc(Cl)cc2)CC1)N1CCC2(CC1)C(=O)NCN2c1ccccc1. The lowest BCUT2D eigenvalue weighted by Gasteiger charge is -2.50. The Kier molecular flexibility index (Phi) is 8.56. The van der Waals surface area contributed by atoms with Gasteiger partial charge in [0.05, 0.1) is 18.4 Å². The smallest absolute Gasteiger partial charge is 0.247 e. The van der Waals surface area contributed by atoms with E-state index in [-0.39, 0.29) is 18.5 Å². The lowest BCUT2D eigenvalue weighted by atomic mass is 9.83. The first-order valence-corrected chi connectivity index (χ1v) is 15.5. The molecular formula is C34H38ClFN4O3. The third-order valence-corrected chi connectivity index (χ3v) is 9.89. The van der Waals surface area contributed by atoms with E-state index in [2.05, 4.69) is 20.0 Å². The average Bonchev–Trinajstić information content (AvgIpc) is 3.36. The van der Waals surface area contributed by atoms with Crippen molar-refractivity contribution in [1.82, 2.24) is 15.1 Å². The molecule has 3 aromatic carbocycles. The molecule has 2 N–H and O–H groups in total. The molecule has 6 rings (SSSR count). The van der Waals surface area contributed by atoms with Crippen molar-refractivity contribution in [2.75, 3.05) is 37.7 Å². The lowest BCUT2D eigenvalue weighted by molar-refractivity contribution is -0.126. The molecule has 1 spiro atoms. The minimum absolute atomic E-state index is 0.0225. The minimum atomic E-state index is -1.67. The number of halogens is 2. The van der Waals surface area contributed by atoms with Gasteiger partial charge in [-0.2, -0.15) is 0 Å². The van der Waals surface area contributed by atoms with Gasteiger partial charge in [-0.05, 0) is 55.5 Å². The van der Waals surface area contributed by atoms with Gasteiger partial charge in [-0.1, -0.05) is 72.3 Å². The zero-order chi connectivity index (χ0) is 30.0. The van der Waals surface area contributed by atoms with E-state index in [9.17, 15) is 14.7 Å². The average molecular weight is 605 g/mol. The van der Waals surface area contributed by atoms with Gasteiger partial charge in [-0.25, -0.2) is 4.39 Å². The molecule has 0 saturated carbocycles. The first kappa shape index (κ1) is 29.8. The molecule has 3 fully saturated rings. The van der Waals surface area contributed by atoms with E-state index in [0.717, 1.165) is 11.3 Å². The van der Waals surface area contributed by atoms with Gasteiger partial charge in [-0.15, -0.1) is 0 Å². The summed E-state index contributed by atoms with van der Waals surface area (Å²) in [4.78, 5) is 32.9. The summed E-state index contributed by atoms with van der Waals surface area (Å²) in [5.41, 5.74) is 0.534. The quantitative estimate of drug-likeness (QED) is 0.353. The topological polar surface area (TPSA) is 76.1 Å². The number of hydrogen-bond donors (Lipinski definition) is 2. The second-order valence-electron chi connectivity index (χ2n) is 12.0. The fourth-order valence-corrected chi connectivity index (χ4v) is 7.20. The van der Waals surface area contributed by atoms with E-state index in [0.29, 0.717) is 69.1 Å². The fourth-order valence-electron chi connectivity index (χ4n) is 7.07. The highest BCUT2D eigenvalue weighted by Crippen LogP contribution is 2.39. The Balaban J connectivity index is 1.20. The van der Waals surface area contributed by atoms with Gasteiger partial charge in [0.2, 0.25) is 5.91 Å². The van der Waals surface area contributed by atoms with Crippen molar-refractivity contribution >= 4 is 29.0 Å². The summed E-state index contributed by atoms with van der Waals surface area (Å²) in [6, 6.07) is 25.9. The zero-order valence-corrected chi connectivity index (χ0v) is 24.9. The number of rotatable bonds is 8. The molecule has 0 radical (unpaired) electrons. The molecule has 3 aliphatic heterocycles. The molecule has 1 amide bonds. The van der Waals surface area contributed by atoms with Crippen molar-refractivity contribution in [1.29, 1.82) is 0 Å². The number of nitrogens with zero attached hydrogens (tertiary/aromatic N) is 3. The Bertz CT molecular complexity index is 1410. The van der Waals surface area contributed by atoms with Crippen LogP contribution in [0.2, 0.25) is 5.02 Å². The number of Topliss-reactive ketones (excluding diaryl/α,β-unsaturated/α-hetero) is 1. The zero-order valence-electron chi connectivity index (χ0n) is 24.2. The highest BCUT2D eigenvalue weighted by atomic mass is 35.5. The predicted molar refractivity (Wildman–Crippen MR) is 166 cm³/mol. The molecular weight excluding hydrogens is 567 g/mol. The van der Waals surface area contributed by atoms with Crippen molar-refractivity contribution < 1.29 is 19.1 Å². The molecule has 0 aromatic heterocycles. The minimum Gasteiger partial charge on any atom is -0.385 e. The summed E-state index contributed by atoms with van der Waals surface area (Å²) < 4.78 is 15.8. The van der Waals surface area contributed by atoms with E-state index >= 15 is 4.39 Å². The van der Waals surface area contributed by atoms with Gasteiger partial charge in [0, 0.05) is 48.9 Å². The Morgan fingerprint density at radius 3 is 2.02 bits per heavy atom. The molecule has 43 heavy (non-hydrogen) atoms. The summed E-state index contributed by atoms with van der Waals surface area (Å²) in [5, 5.41) is 15.2. The normalized spacial score (nSPS) is 21.8. The Labute approximate surface area is 257 Å². The number of piperidine rings is 2. The van der Waals surface area contributed by atoms with Crippen LogP contribution in [-0.2, 0) is 10.4 Å². The van der Waals surface area contributed by atoms with E-state index in [1.807, 2.05) is 48.5 Å². The number of likely N-dealkylation sites (tertiary alicyclic amines) is 2. The first-order valence-electron chi connectivity index (χ1n) is 15.1. The van der Waals surface area contributed by atoms with Crippen molar-refractivity contribution in [3.8, 4) is 0 Å². The molecule has 3 heterocycles. The van der Waals surface area contributed by atoms with Crippen LogP contribution in [0.4, 0.5) is 10.1 Å². The summed E-state index contributed by atoms with van der Waals surface area (Å²) in [6.07, 6.45) is 0.162. The number of hydrogen-bond acceptors (Lipinski definition) is 6. The van der Waals surface area contributed by atoms with Crippen molar-refractivity contribution in [2.45, 2.75) is 55.6 Å². The van der Waals surface area contributed by atoms with Crippen LogP contribution in [0.3, 0.4) is 0 Å². The largest absolute Gasteiger partial charge is 0.385 e. The van der Waals surface area contributed by atoms with Crippen LogP contribution >= 0.6 is 11.6 Å². The molecule has 7 nitrogen and oxygen atoms in total. The van der Waals surface area contributed by atoms with Crippen LogP contribution in [0.5, 0.6) is 0 Å². The van der Waals surface area contributed by atoms with Gasteiger partial charge in [0.1, 0.15) is 5.54 Å². The summed E-state index contributed by atoms with van der Waals surface area (Å²) in [6.45, 7) is 2.74. The molecule has 9 heteroatoms. The number of amides is 1. The Morgan fingerprint density at radius 2 is 1.42 bits per heavy atom. The number of carbonyl (C=O) groups is 2. The molecule has 0 bridgehead atoms. The number of nitrogens with one attached hydrogen (secondary N) is 1. The highest BCUT2D eigenvalue weighted by Gasteiger charge is 2.51. The van der Waals surface area contributed by atoms with Gasteiger partial charge in [0.15, 0.2) is 12.0 Å². The van der Waals surface area contributed by atoms with Crippen LogP contribution in [-0.4, -0.2) is 77.3 Å². The van der Waals surface area contributed by atoms with Gasteiger partial charge in [0.25, 0.3) is 0 Å². The second-order valence-corrected chi connectivity index (χ2v) is 12.4. The maximum atomic E-state index is 15.8. The number of anilines is 1. The third kappa shape index (κ3) is 5.94. The summed E-state index contributed by atoms with van der Waals surface area (Å²) >= 11 is 6.08. The van der Waals surface area contributed by atoms with E-state index in [1.165, 1.54) is 0 Å². The van der Waals surface area contributed by atoms with Gasteiger partial charge in [-0.3, -0.25) is 19.4 Å². The second kappa shape index (κ2) is 12.4. The lowest BCUT2D eigenvalue weighted by Crippen LogP contribution is -2.61. The van der Waals surface area contributed by atoms with Crippen molar-refractivity contribution in [2.24, 2.45) is 0 Å². The van der Waals surface area contributed by atoms with Crippen LogP contribution in [0.1, 0.15) is 48.0 Å². The predicted octanol–water partition coefficient (Wildman–Crippen LogP) is 4.99. The molecule has 3 aromatic rings. The molecule has 0 aliphatic carbocycles. The molecule has 3 saturated heterocycles. The molecule has 2 unspecified atom stereocenters. The summed E-state index contributed by atoms with van der Waals surface area (Å²) in [5.74, 6) is -0.486. The van der Waals surface area contributed by atoms with Crippen molar-refractivity contribution in [3.05, 3.63) is 101 Å². The van der Waals surface area contributed by atoms with E-state index in [1.54, 1.807) is 36.4 Å². The molecule has 226 valence electrons. The van der Waals surface area contributed by atoms with Crippen LogP contribution in [0.15, 0.2) is 84.9 Å². The third-order valence-electron chi connectivity index (χ3n) is 9.64. The number of benzene rings is 3. The number of ketones is 1. The van der Waals surface area contributed by atoms with Gasteiger partial charge >= 0.3 is 0 Å². The van der Waals surface area contributed by atoms with Crippen LogP contribution in [0.25, 0.3) is 0 Å². The van der Waals surface area contributed by atoms with Crippen LogP contribution in [0, 0.1) is 0 Å². The molecule has 2 atom stereocenters. The van der Waals surface area contributed by atoms with Crippen LogP contribution < -0.4 is 10.2 Å². The van der Waals surface area contributed by atoms with E-state index in [4.69, 9.17) is 11.6 Å². The monoisotopic (exact) mass is 604 g/mol. The van der Waals surface area contributed by atoms with Gasteiger partial charge < -0.3 is 15.3 Å². The van der Waals surface area contributed by atoms with Crippen molar-refractivity contribution in [3.63, 3.8) is 0 Å².